The van der Waals surface area contributed by atoms with Crippen molar-refractivity contribution in [1.82, 2.24) is 5.32 Å². The molecule has 2 aromatic rings. The summed E-state index contributed by atoms with van der Waals surface area (Å²) in [5.74, 6) is -0.0676. The van der Waals surface area contributed by atoms with Gasteiger partial charge in [0, 0.05) is 23.1 Å². The summed E-state index contributed by atoms with van der Waals surface area (Å²) in [5, 5.41) is 4.82. The van der Waals surface area contributed by atoms with Gasteiger partial charge in [0.05, 0.1) is 13.2 Å². The van der Waals surface area contributed by atoms with E-state index in [0.29, 0.717) is 6.54 Å². The maximum Gasteiger partial charge on any atom is 0.244 e. The number of ether oxygens (including phenoxy) is 1. The number of quaternary nitrogens is 1. The second kappa shape index (κ2) is 10.2. The zero-order chi connectivity index (χ0) is 18.0. The van der Waals surface area contributed by atoms with Crippen molar-refractivity contribution in [3.05, 3.63) is 77.2 Å². The fraction of sp³-hybridized carbons (Fsp3) is 0.286. The fourth-order valence-corrected chi connectivity index (χ4v) is 3.59. The van der Waals surface area contributed by atoms with Gasteiger partial charge in [0.25, 0.3) is 0 Å². The Bertz CT molecular complexity index is 728. The van der Waals surface area contributed by atoms with Crippen LogP contribution < -0.4 is 10.2 Å². The highest BCUT2D eigenvalue weighted by Crippen LogP contribution is 2.17. The lowest BCUT2D eigenvalue weighted by atomic mass is 10.1. The highest BCUT2D eigenvalue weighted by molar-refractivity contribution is 8.02. The molecule has 1 aliphatic heterocycles. The lowest BCUT2D eigenvalue weighted by molar-refractivity contribution is -0.921. The second-order valence-electron chi connectivity index (χ2n) is 6.26. The molecule has 3 rings (SSSR count). The molecular formula is C21H25N2O2S+. The van der Waals surface area contributed by atoms with E-state index in [2.05, 4.69) is 23.5 Å². The van der Waals surface area contributed by atoms with Gasteiger partial charge in [-0.05, 0) is 23.1 Å². The number of benzene rings is 2. The van der Waals surface area contributed by atoms with E-state index in [4.69, 9.17) is 4.74 Å². The Labute approximate surface area is 159 Å². The lowest BCUT2D eigenvalue weighted by Crippen LogP contribution is -3.12. The van der Waals surface area contributed by atoms with E-state index in [1.807, 2.05) is 41.8 Å². The molecule has 2 N–H and O–H groups in total. The summed E-state index contributed by atoms with van der Waals surface area (Å²) in [4.78, 5) is 14.7. The molecule has 0 spiro atoms. The molecule has 26 heavy (non-hydrogen) atoms. The number of rotatable bonds is 7. The number of thioether (sulfide) groups is 1. The molecule has 0 bridgehead atoms. The SMILES string of the molecule is O=C(/C=C/Sc1ccccc1)NCc1ccccc1C[NH+]1CCOCC1. The molecule has 1 heterocycles. The third kappa shape index (κ3) is 6.02. The third-order valence-electron chi connectivity index (χ3n) is 4.38. The van der Waals surface area contributed by atoms with Gasteiger partial charge in [0.2, 0.25) is 5.91 Å². The monoisotopic (exact) mass is 369 g/mol. The standard InChI is InChI=1S/C21H24N2O2S/c24-21(10-15-26-20-8-2-1-3-9-20)22-16-18-6-4-5-7-19(18)17-23-11-13-25-14-12-23/h1-10,15H,11-14,16-17H2,(H,22,24)/p+1/b15-10+. The van der Waals surface area contributed by atoms with Gasteiger partial charge in [-0.2, -0.15) is 0 Å². The largest absolute Gasteiger partial charge is 0.370 e. The first-order valence-corrected chi connectivity index (χ1v) is 9.83. The summed E-state index contributed by atoms with van der Waals surface area (Å²) < 4.78 is 5.43. The van der Waals surface area contributed by atoms with Crippen LogP contribution >= 0.6 is 11.8 Å². The fourth-order valence-electron chi connectivity index (χ4n) is 2.92. The van der Waals surface area contributed by atoms with Crippen LogP contribution in [0.25, 0.3) is 0 Å². The number of carbonyl (C=O) groups excluding carboxylic acids is 1. The molecule has 4 nitrogen and oxygen atoms in total. The lowest BCUT2D eigenvalue weighted by Gasteiger charge is -2.24. The number of carbonyl (C=O) groups is 1. The van der Waals surface area contributed by atoms with E-state index < -0.39 is 0 Å². The zero-order valence-electron chi connectivity index (χ0n) is 14.8. The van der Waals surface area contributed by atoms with Crippen molar-refractivity contribution in [3.8, 4) is 0 Å². The highest BCUT2D eigenvalue weighted by Gasteiger charge is 2.15. The van der Waals surface area contributed by atoms with E-state index in [1.54, 1.807) is 17.8 Å². The molecule has 1 saturated heterocycles. The first-order chi connectivity index (χ1) is 12.8. The predicted octanol–water partition coefficient (Wildman–Crippen LogP) is 2.02. The molecule has 2 aromatic carbocycles. The Morgan fingerprint density at radius 1 is 1.04 bits per heavy atom. The van der Waals surface area contributed by atoms with Crippen molar-refractivity contribution < 1.29 is 14.4 Å². The Hall–Kier alpha value is -2.08. The number of morpholine rings is 1. The summed E-state index contributed by atoms with van der Waals surface area (Å²) in [6.45, 7) is 5.28. The van der Waals surface area contributed by atoms with Crippen molar-refractivity contribution in [2.75, 3.05) is 26.3 Å². The van der Waals surface area contributed by atoms with Crippen LogP contribution in [-0.2, 0) is 22.6 Å². The molecule has 0 aromatic heterocycles. The minimum atomic E-state index is -0.0676. The van der Waals surface area contributed by atoms with Crippen LogP contribution in [0.15, 0.2) is 71.0 Å². The summed E-state index contributed by atoms with van der Waals surface area (Å²) in [7, 11) is 0. The van der Waals surface area contributed by atoms with Gasteiger partial charge >= 0.3 is 0 Å². The van der Waals surface area contributed by atoms with Crippen LogP contribution in [-0.4, -0.2) is 32.2 Å². The highest BCUT2D eigenvalue weighted by atomic mass is 32.2. The Kier molecular flexibility index (Phi) is 7.31. The van der Waals surface area contributed by atoms with E-state index >= 15 is 0 Å². The first kappa shape index (κ1) is 18.7. The average molecular weight is 370 g/mol. The molecular weight excluding hydrogens is 344 g/mol. The van der Waals surface area contributed by atoms with Gasteiger partial charge in [0.15, 0.2) is 0 Å². The summed E-state index contributed by atoms with van der Waals surface area (Å²) in [6, 6.07) is 18.4. The molecule has 136 valence electrons. The minimum absolute atomic E-state index is 0.0676. The zero-order valence-corrected chi connectivity index (χ0v) is 15.6. The van der Waals surface area contributed by atoms with E-state index in [0.717, 1.165) is 37.7 Å². The minimum Gasteiger partial charge on any atom is -0.370 e. The second-order valence-corrected chi connectivity index (χ2v) is 7.24. The summed E-state index contributed by atoms with van der Waals surface area (Å²) in [5.41, 5.74) is 2.48. The van der Waals surface area contributed by atoms with E-state index in [1.165, 1.54) is 16.0 Å². The maximum atomic E-state index is 12.1. The molecule has 0 saturated carbocycles. The Balaban J connectivity index is 1.50. The van der Waals surface area contributed by atoms with Crippen LogP contribution in [0.4, 0.5) is 0 Å². The van der Waals surface area contributed by atoms with E-state index in [-0.39, 0.29) is 5.91 Å². The maximum absolute atomic E-state index is 12.1. The van der Waals surface area contributed by atoms with Crippen LogP contribution in [0.2, 0.25) is 0 Å². The van der Waals surface area contributed by atoms with E-state index in [9.17, 15) is 4.79 Å². The topological polar surface area (TPSA) is 42.8 Å². The number of hydrogen-bond acceptors (Lipinski definition) is 3. The quantitative estimate of drug-likeness (QED) is 0.580. The molecule has 0 unspecified atom stereocenters. The van der Waals surface area contributed by atoms with Crippen molar-refractivity contribution >= 4 is 17.7 Å². The van der Waals surface area contributed by atoms with Gasteiger partial charge in [-0.1, -0.05) is 54.2 Å². The average Bonchev–Trinajstić information content (AvgIpc) is 2.69. The Morgan fingerprint density at radius 3 is 2.50 bits per heavy atom. The van der Waals surface area contributed by atoms with Crippen molar-refractivity contribution in [2.24, 2.45) is 0 Å². The summed E-state index contributed by atoms with van der Waals surface area (Å²) >= 11 is 1.54. The van der Waals surface area contributed by atoms with Gasteiger partial charge in [0.1, 0.15) is 19.6 Å². The van der Waals surface area contributed by atoms with Crippen LogP contribution in [0.1, 0.15) is 11.1 Å². The normalized spacial score (nSPS) is 15.2. The third-order valence-corrected chi connectivity index (χ3v) is 5.20. The molecule has 1 fully saturated rings. The van der Waals surface area contributed by atoms with Crippen LogP contribution in [0.5, 0.6) is 0 Å². The van der Waals surface area contributed by atoms with Crippen LogP contribution in [0.3, 0.4) is 0 Å². The van der Waals surface area contributed by atoms with Crippen molar-refractivity contribution in [3.63, 3.8) is 0 Å². The van der Waals surface area contributed by atoms with Gasteiger partial charge in [-0.3, -0.25) is 4.79 Å². The molecule has 0 radical (unpaired) electrons. The van der Waals surface area contributed by atoms with Gasteiger partial charge in [-0.25, -0.2) is 0 Å². The molecule has 1 aliphatic rings. The first-order valence-electron chi connectivity index (χ1n) is 8.95. The number of nitrogens with one attached hydrogen (secondary N) is 2. The Morgan fingerprint density at radius 2 is 1.73 bits per heavy atom. The van der Waals surface area contributed by atoms with Crippen LogP contribution in [0, 0.1) is 0 Å². The number of hydrogen-bond donors (Lipinski definition) is 2. The van der Waals surface area contributed by atoms with Gasteiger partial charge in [-0.15, -0.1) is 0 Å². The van der Waals surface area contributed by atoms with Crippen molar-refractivity contribution in [1.29, 1.82) is 0 Å². The molecule has 0 aliphatic carbocycles. The number of amides is 1. The summed E-state index contributed by atoms with van der Waals surface area (Å²) in [6.07, 6.45) is 1.59. The van der Waals surface area contributed by atoms with Crippen molar-refractivity contribution in [2.45, 2.75) is 18.0 Å². The molecule has 0 atom stereocenters. The molecule has 1 amide bonds. The smallest absolute Gasteiger partial charge is 0.244 e. The molecule has 5 heteroatoms. The predicted molar refractivity (Wildman–Crippen MR) is 105 cm³/mol. The van der Waals surface area contributed by atoms with Gasteiger partial charge < -0.3 is 15.0 Å².